The Balaban J connectivity index is 1.52. The summed E-state index contributed by atoms with van der Waals surface area (Å²) >= 11 is 3.08. The van der Waals surface area contributed by atoms with Crippen LogP contribution < -0.4 is 5.56 Å². The Morgan fingerprint density at radius 1 is 1.18 bits per heavy atom. The number of aromatic amines is 2. The van der Waals surface area contributed by atoms with E-state index in [4.69, 9.17) is 0 Å². The van der Waals surface area contributed by atoms with E-state index in [9.17, 15) is 9.59 Å². The highest BCUT2D eigenvalue weighted by molar-refractivity contribution is 7.19. The number of para-hydroxylation sites is 1. The van der Waals surface area contributed by atoms with Crippen LogP contribution in [-0.4, -0.2) is 20.7 Å². The standard InChI is InChI=1S/C21H15N3O2S2/c1-11-6-7-17(28-11)14-10-27-21-19(14)20(26)23-18(24-21)8-16(25)13-9-22-15-5-3-2-4-12(13)15/h2-7,9-10,22H,8H2,1H3,(H,23,24,26). The highest BCUT2D eigenvalue weighted by atomic mass is 32.1. The number of Topliss-reactive ketones (excluding diaryl/α,β-unsaturated/α-hetero) is 1. The maximum Gasteiger partial charge on any atom is 0.260 e. The van der Waals surface area contributed by atoms with E-state index in [0.29, 0.717) is 21.6 Å². The van der Waals surface area contributed by atoms with Crippen LogP contribution in [-0.2, 0) is 6.42 Å². The Kier molecular flexibility index (Phi) is 3.99. The minimum atomic E-state index is -0.200. The number of aromatic nitrogens is 3. The number of nitrogens with one attached hydrogen (secondary N) is 2. The summed E-state index contributed by atoms with van der Waals surface area (Å²) in [5.41, 5.74) is 2.23. The van der Waals surface area contributed by atoms with E-state index in [1.165, 1.54) is 16.2 Å². The zero-order valence-electron chi connectivity index (χ0n) is 14.9. The third-order valence-corrected chi connectivity index (χ3v) is 6.62. The van der Waals surface area contributed by atoms with Crippen molar-refractivity contribution in [3.63, 3.8) is 0 Å². The van der Waals surface area contributed by atoms with Crippen molar-refractivity contribution in [1.82, 2.24) is 15.0 Å². The highest BCUT2D eigenvalue weighted by Gasteiger charge is 2.17. The quantitative estimate of drug-likeness (QED) is 0.416. The van der Waals surface area contributed by atoms with Gasteiger partial charge in [0.15, 0.2) is 5.78 Å². The average Bonchev–Trinajstić information content (AvgIpc) is 3.39. The maximum absolute atomic E-state index is 12.8. The zero-order valence-corrected chi connectivity index (χ0v) is 16.5. The summed E-state index contributed by atoms with van der Waals surface area (Å²) in [5.74, 6) is 0.314. The second kappa shape index (κ2) is 6.54. The molecular weight excluding hydrogens is 390 g/mol. The molecule has 1 aromatic carbocycles. The maximum atomic E-state index is 12.8. The number of carbonyl (C=O) groups is 1. The molecule has 0 amide bonds. The van der Waals surface area contributed by atoms with E-state index in [-0.39, 0.29) is 17.8 Å². The predicted molar refractivity (Wildman–Crippen MR) is 115 cm³/mol. The van der Waals surface area contributed by atoms with Gasteiger partial charge in [-0.2, -0.15) is 0 Å². The summed E-state index contributed by atoms with van der Waals surface area (Å²) in [7, 11) is 0. The van der Waals surface area contributed by atoms with Crippen molar-refractivity contribution >= 4 is 49.6 Å². The van der Waals surface area contributed by atoms with Crippen molar-refractivity contribution in [3.05, 3.63) is 74.6 Å². The van der Waals surface area contributed by atoms with Crippen molar-refractivity contribution in [2.45, 2.75) is 13.3 Å². The first-order valence-electron chi connectivity index (χ1n) is 8.76. The molecule has 5 rings (SSSR count). The van der Waals surface area contributed by atoms with Gasteiger partial charge in [-0.1, -0.05) is 18.2 Å². The molecule has 28 heavy (non-hydrogen) atoms. The number of nitrogens with zero attached hydrogens (tertiary/aromatic N) is 1. The first-order chi connectivity index (χ1) is 13.6. The van der Waals surface area contributed by atoms with Gasteiger partial charge in [-0.05, 0) is 25.1 Å². The monoisotopic (exact) mass is 405 g/mol. The van der Waals surface area contributed by atoms with Gasteiger partial charge in [0.1, 0.15) is 10.7 Å². The molecule has 5 nitrogen and oxygen atoms in total. The number of aryl methyl sites for hydroxylation is 1. The third kappa shape index (κ3) is 2.80. The summed E-state index contributed by atoms with van der Waals surface area (Å²) < 4.78 is 0. The van der Waals surface area contributed by atoms with Crippen LogP contribution in [0.2, 0.25) is 0 Å². The van der Waals surface area contributed by atoms with Gasteiger partial charge >= 0.3 is 0 Å². The second-order valence-electron chi connectivity index (χ2n) is 6.60. The highest BCUT2D eigenvalue weighted by Crippen LogP contribution is 2.35. The van der Waals surface area contributed by atoms with Crippen LogP contribution in [0.15, 0.2) is 52.8 Å². The SMILES string of the molecule is Cc1ccc(-c2csc3nc(CC(=O)c4c[nH]c5ccccc45)[nH]c(=O)c23)s1. The van der Waals surface area contributed by atoms with Crippen molar-refractivity contribution in [3.8, 4) is 10.4 Å². The van der Waals surface area contributed by atoms with Gasteiger partial charge in [0, 0.05) is 43.4 Å². The summed E-state index contributed by atoms with van der Waals surface area (Å²) in [6.45, 7) is 2.04. The van der Waals surface area contributed by atoms with Crippen LogP contribution in [0.5, 0.6) is 0 Å². The van der Waals surface area contributed by atoms with Crippen LogP contribution in [0.25, 0.3) is 31.6 Å². The van der Waals surface area contributed by atoms with Gasteiger partial charge in [-0.15, -0.1) is 22.7 Å². The molecular formula is C21H15N3O2S2. The molecule has 4 aromatic heterocycles. The van der Waals surface area contributed by atoms with Gasteiger partial charge < -0.3 is 9.97 Å². The van der Waals surface area contributed by atoms with Gasteiger partial charge in [0.2, 0.25) is 0 Å². The van der Waals surface area contributed by atoms with E-state index in [1.807, 2.05) is 48.7 Å². The van der Waals surface area contributed by atoms with Crippen LogP contribution in [0.1, 0.15) is 21.1 Å². The minimum Gasteiger partial charge on any atom is -0.360 e. The van der Waals surface area contributed by atoms with Crippen molar-refractivity contribution < 1.29 is 4.79 Å². The van der Waals surface area contributed by atoms with E-state index < -0.39 is 0 Å². The molecule has 5 aromatic rings. The number of ketones is 1. The molecule has 138 valence electrons. The Bertz CT molecular complexity index is 1400. The molecule has 0 aliphatic heterocycles. The summed E-state index contributed by atoms with van der Waals surface area (Å²) in [6.07, 6.45) is 1.77. The fourth-order valence-electron chi connectivity index (χ4n) is 3.39. The summed E-state index contributed by atoms with van der Waals surface area (Å²) in [4.78, 5) is 38.9. The van der Waals surface area contributed by atoms with Crippen molar-refractivity contribution in [2.24, 2.45) is 0 Å². The molecule has 0 spiro atoms. The van der Waals surface area contributed by atoms with E-state index in [2.05, 4.69) is 15.0 Å². The van der Waals surface area contributed by atoms with Crippen LogP contribution >= 0.6 is 22.7 Å². The van der Waals surface area contributed by atoms with E-state index in [1.54, 1.807) is 17.5 Å². The largest absolute Gasteiger partial charge is 0.360 e. The lowest BCUT2D eigenvalue weighted by Gasteiger charge is -2.01. The molecule has 4 heterocycles. The van der Waals surface area contributed by atoms with E-state index >= 15 is 0 Å². The second-order valence-corrected chi connectivity index (χ2v) is 8.75. The molecule has 0 atom stereocenters. The molecule has 7 heteroatoms. The lowest BCUT2D eigenvalue weighted by atomic mass is 10.1. The smallest absolute Gasteiger partial charge is 0.260 e. The third-order valence-electron chi connectivity index (χ3n) is 4.72. The average molecular weight is 406 g/mol. The van der Waals surface area contributed by atoms with Crippen molar-refractivity contribution in [1.29, 1.82) is 0 Å². The number of hydrogen-bond donors (Lipinski definition) is 2. The fraction of sp³-hybridized carbons (Fsp3) is 0.0952. The molecule has 0 saturated heterocycles. The van der Waals surface area contributed by atoms with Crippen LogP contribution in [0, 0.1) is 6.92 Å². The summed E-state index contributed by atoms with van der Waals surface area (Å²) in [5, 5.41) is 3.43. The fourth-order valence-corrected chi connectivity index (χ4v) is 5.31. The normalized spacial score (nSPS) is 11.5. The first kappa shape index (κ1) is 17.1. The number of benzene rings is 1. The molecule has 0 unspecified atom stereocenters. The van der Waals surface area contributed by atoms with E-state index in [0.717, 1.165) is 21.3 Å². The number of carbonyl (C=O) groups excluding carboxylic acids is 1. The lowest BCUT2D eigenvalue weighted by Crippen LogP contribution is -2.14. The Labute approximate surface area is 167 Å². The molecule has 0 radical (unpaired) electrons. The van der Waals surface area contributed by atoms with Crippen LogP contribution in [0.3, 0.4) is 0 Å². The first-order valence-corrected chi connectivity index (χ1v) is 10.5. The van der Waals surface area contributed by atoms with Gasteiger partial charge in [0.25, 0.3) is 5.56 Å². The number of thiophene rings is 2. The Morgan fingerprint density at radius 2 is 2.04 bits per heavy atom. The Hall–Kier alpha value is -3.03. The minimum absolute atomic E-state index is 0.0539. The molecule has 0 saturated carbocycles. The van der Waals surface area contributed by atoms with Gasteiger partial charge in [-0.25, -0.2) is 4.98 Å². The molecule has 0 bridgehead atoms. The molecule has 0 aliphatic rings. The molecule has 0 fully saturated rings. The van der Waals surface area contributed by atoms with Crippen LogP contribution in [0.4, 0.5) is 0 Å². The number of fused-ring (bicyclic) bond motifs is 2. The van der Waals surface area contributed by atoms with Gasteiger partial charge in [-0.3, -0.25) is 9.59 Å². The lowest BCUT2D eigenvalue weighted by molar-refractivity contribution is 0.0992. The topological polar surface area (TPSA) is 78.6 Å². The Morgan fingerprint density at radius 3 is 2.86 bits per heavy atom. The number of hydrogen-bond acceptors (Lipinski definition) is 5. The molecule has 0 aliphatic carbocycles. The number of H-pyrrole nitrogens is 2. The molecule has 2 N–H and O–H groups in total. The number of rotatable bonds is 4. The van der Waals surface area contributed by atoms with Gasteiger partial charge in [0.05, 0.1) is 11.8 Å². The van der Waals surface area contributed by atoms with Crippen molar-refractivity contribution in [2.75, 3.05) is 0 Å². The zero-order chi connectivity index (χ0) is 19.3. The predicted octanol–water partition coefficient (Wildman–Crippen LogP) is 4.93. The summed E-state index contributed by atoms with van der Waals surface area (Å²) in [6, 6.07) is 11.7.